The monoisotopic (exact) mass is 471 g/mol. The van der Waals surface area contributed by atoms with Crippen molar-refractivity contribution in [3.8, 4) is 17.1 Å². The zero-order valence-electron chi connectivity index (χ0n) is 17.7. The van der Waals surface area contributed by atoms with Crippen molar-refractivity contribution >= 4 is 19.1 Å². The molecule has 0 unspecified atom stereocenters. The Balaban J connectivity index is 1.63. The quantitative estimate of drug-likeness (QED) is 0.532. The van der Waals surface area contributed by atoms with E-state index in [1.807, 2.05) is 70.0 Å². The fraction of sp³-hybridized carbons (Fsp3) is 0.364. The molecule has 0 amide bonds. The van der Waals surface area contributed by atoms with Crippen LogP contribution in [0.15, 0.2) is 65.4 Å². The predicted molar refractivity (Wildman–Crippen MR) is 125 cm³/mol. The average molecular weight is 472 g/mol. The summed E-state index contributed by atoms with van der Waals surface area (Å²) in [6.45, 7) is 4.59. The Labute approximate surface area is 191 Å². The second kappa shape index (κ2) is 9.79. The zero-order valence-corrected chi connectivity index (χ0v) is 19.5. The molecule has 3 aromatic rings. The van der Waals surface area contributed by atoms with E-state index in [2.05, 4.69) is 3.96 Å². The highest BCUT2D eigenvalue weighted by atomic mass is 32.1. The summed E-state index contributed by atoms with van der Waals surface area (Å²) in [5.74, 6) is 0.788. The lowest BCUT2D eigenvalue weighted by molar-refractivity contribution is 0.0523. The number of aromatic nitrogens is 2. The lowest BCUT2D eigenvalue weighted by atomic mass is 10.2. The van der Waals surface area contributed by atoms with E-state index in [1.165, 1.54) is 11.5 Å². The largest absolute Gasteiger partial charge is 0.379 e. The Bertz CT molecular complexity index is 1060. The summed E-state index contributed by atoms with van der Waals surface area (Å²) < 4.78 is 36.3. The Morgan fingerprint density at radius 2 is 1.34 bits per heavy atom. The highest BCUT2D eigenvalue weighted by molar-refractivity contribution is 7.57. The van der Waals surface area contributed by atoms with Crippen LogP contribution in [0, 0.1) is 0 Å². The van der Waals surface area contributed by atoms with Gasteiger partial charge in [-0.3, -0.25) is 4.57 Å². The third-order valence-electron chi connectivity index (χ3n) is 5.52. The Morgan fingerprint density at radius 1 is 0.812 bits per heavy atom. The summed E-state index contributed by atoms with van der Waals surface area (Å²) >= 11 is 1.41. The minimum atomic E-state index is -3.22. The van der Waals surface area contributed by atoms with E-state index >= 15 is 0 Å². The van der Waals surface area contributed by atoms with Crippen LogP contribution >= 0.6 is 19.1 Å². The Morgan fingerprint density at radius 3 is 1.91 bits per heavy atom. The van der Waals surface area contributed by atoms with Crippen LogP contribution in [0.1, 0.15) is 0 Å². The topological polar surface area (TPSA) is 72.2 Å². The first-order valence-corrected chi connectivity index (χ1v) is 13.1. The fourth-order valence-electron chi connectivity index (χ4n) is 3.87. The van der Waals surface area contributed by atoms with E-state index in [0.717, 1.165) is 17.1 Å². The Kier molecular flexibility index (Phi) is 6.64. The molecular formula is C22H26N5O3PS. The molecule has 2 aromatic carbocycles. The van der Waals surface area contributed by atoms with Gasteiger partial charge in [0.15, 0.2) is 5.82 Å². The SMILES string of the molecule is O=P(N=c1nc(-c2ccccc2)n(-c2ccccc2)s1)(N1CCOCC1)N1CCOCC1. The van der Waals surface area contributed by atoms with Crippen molar-refractivity contribution in [2.45, 2.75) is 0 Å². The number of hydrogen-bond donors (Lipinski definition) is 0. The van der Waals surface area contributed by atoms with Gasteiger partial charge in [0.1, 0.15) is 0 Å². The molecule has 0 saturated carbocycles. The molecule has 0 spiro atoms. The molecule has 0 radical (unpaired) electrons. The van der Waals surface area contributed by atoms with Gasteiger partial charge >= 0.3 is 7.59 Å². The van der Waals surface area contributed by atoms with Crippen LogP contribution in [0.3, 0.4) is 0 Å². The third-order valence-corrected chi connectivity index (χ3v) is 9.29. The molecule has 1 aromatic heterocycles. The van der Waals surface area contributed by atoms with Gasteiger partial charge in [-0.05, 0) is 23.7 Å². The van der Waals surface area contributed by atoms with E-state index < -0.39 is 7.59 Å². The van der Waals surface area contributed by atoms with Crippen molar-refractivity contribution in [3.63, 3.8) is 0 Å². The van der Waals surface area contributed by atoms with Crippen LogP contribution in [-0.4, -0.2) is 70.9 Å². The van der Waals surface area contributed by atoms with Gasteiger partial charge in [-0.2, -0.15) is 9.75 Å². The van der Waals surface area contributed by atoms with Gasteiger partial charge in [0, 0.05) is 31.7 Å². The minimum Gasteiger partial charge on any atom is -0.379 e. The maximum Gasteiger partial charge on any atom is 0.332 e. The summed E-state index contributed by atoms with van der Waals surface area (Å²) in [6, 6.07) is 20.1. The molecule has 32 heavy (non-hydrogen) atoms. The molecule has 168 valence electrons. The molecule has 0 atom stereocenters. The fourth-order valence-corrected chi connectivity index (χ4v) is 7.34. The van der Waals surface area contributed by atoms with Crippen LogP contribution in [0.25, 0.3) is 17.1 Å². The Hall–Kier alpha value is -2.13. The first-order valence-electron chi connectivity index (χ1n) is 10.8. The second-order valence-electron chi connectivity index (χ2n) is 7.55. The maximum atomic E-state index is 14.4. The van der Waals surface area contributed by atoms with Gasteiger partial charge in [0.2, 0.25) is 4.80 Å². The molecule has 2 aliphatic heterocycles. The first kappa shape index (κ1) is 21.7. The van der Waals surface area contributed by atoms with Crippen LogP contribution < -0.4 is 4.80 Å². The zero-order chi connectivity index (χ0) is 21.8. The smallest absolute Gasteiger partial charge is 0.332 e. The van der Waals surface area contributed by atoms with Crippen LogP contribution in [0.4, 0.5) is 0 Å². The van der Waals surface area contributed by atoms with Crippen molar-refractivity contribution in [3.05, 3.63) is 65.5 Å². The van der Waals surface area contributed by atoms with Gasteiger partial charge in [-0.1, -0.05) is 48.5 Å². The van der Waals surface area contributed by atoms with E-state index in [-0.39, 0.29) is 0 Å². The molecule has 5 rings (SSSR count). The number of nitrogens with zero attached hydrogens (tertiary/aromatic N) is 5. The molecule has 0 aliphatic carbocycles. The number of benzene rings is 2. The standard InChI is InChI=1S/C22H26N5O3PS/c28-31(25-11-15-29-16-12-25,26-13-17-30-18-14-26)24-22-23-21(19-7-3-1-4-8-19)27(32-22)20-9-5-2-6-10-20/h1-10H,11-18H2. The number of morpholine rings is 2. The van der Waals surface area contributed by atoms with Crippen molar-refractivity contribution in [1.29, 1.82) is 0 Å². The summed E-state index contributed by atoms with van der Waals surface area (Å²) in [5.41, 5.74) is 1.99. The van der Waals surface area contributed by atoms with Gasteiger partial charge in [0.05, 0.1) is 32.1 Å². The van der Waals surface area contributed by atoms with Crippen molar-refractivity contribution in [2.24, 2.45) is 4.76 Å². The lowest BCUT2D eigenvalue weighted by Crippen LogP contribution is -2.42. The molecule has 2 aliphatic rings. The molecule has 3 heterocycles. The normalized spacial score (nSPS) is 19.3. The van der Waals surface area contributed by atoms with Crippen LogP contribution in [0.2, 0.25) is 0 Å². The summed E-state index contributed by atoms with van der Waals surface area (Å²) in [4.78, 5) is 5.37. The predicted octanol–water partition coefficient (Wildman–Crippen LogP) is 3.27. The third kappa shape index (κ3) is 4.50. The van der Waals surface area contributed by atoms with Gasteiger partial charge in [-0.25, -0.2) is 13.3 Å². The van der Waals surface area contributed by atoms with Gasteiger partial charge < -0.3 is 9.47 Å². The highest BCUT2D eigenvalue weighted by Crippen LogP contribution is 2.54. The van der Waals surface area contributed by atoms with Gasteiger partial charge in [-0.15, -0.1) is 0 Å². The number of para-hydroxylation sites is 1. The van der Waals surface area contributed by atoms with Crippen molar-refractivity contribution < 1.29 is 14.0 Å². The summed E-state index contributed by atoms with van der Waals surface area (Å²) in [7, 11) is -3.22. The first-order chi connectivity index (χ1) is 15.7. The molecule has 8 nitrogen and oxygen atoms in total. The summed E-state index contributed by atoms with van der Waals surface area (Å²) in [5, 5.41) is 0. The summed E-state index contributed by atoms with van der Waals surface area (Å²) in [6.07, 6.45) is 0. The molecule has 2 saturated heterocycles. The maximum absolute atomic E-state index is 14.4. The van der Waals surface area contributed by atoms with Crippen molar-refractivity contribution in [1.82, 2.24) is 18.3 Å². The molecular weight excluding hydrogens is 445 g/mol. The number of hydrogen-bond acceptors (Lipinski definition) is 5. The lowest BCUT2D eigenvalue weighted by Gasteiger charge is -2.39. The number of ether oxygens (including phenoxy) is 2. The second-order valence-corrected chi connectivity index (χ2v) is 10.8. The molecule has 2 fully saturated rings. The molecule has 0 N–H and O–H groups in total. The minimum absolute atomic E-state index is 0.508. The number of rotatable bonds is 5. The van der Waals surface area contributed by atoms with Crippen LogP contribution in [0.5, 0.6) is 0 Å². The van der Waals surface area contributed by atoms with E-state index in [9.17, 15) is 4.57 Å². The average Bonchev–Trinajstić information content (AvgIpc) is 3.30. The van der Waals surface area contributed by atoms with Gasteiger partial charge in [0.25, 0.3) is 0 Å². The van der Waals surface area contributed by atoms with Crippen molar-refractivity contribution in [2.75, 3.05) is 52.6 Å². The molecule has 10 heteroatoms. The van der Waals surface area contributed by atoms with E-state index in [4.69, 9.17) is 19.2 Å². The van der Waals surface area contributed by atoms with Crippen LogP contribution in [-0.2, 0) is 14.0 Å². The molecule has 0 bridgehead atoms. The highest BCUT2D eigenvalue weighted by Gasteiger charge is 2.39. The van der Waals surface area contributed by atoms with E-state index in [1.54, 1.807) is 0 Å². The van der Waals surface area contributed by atoms with E-state index in [0.29, 0.717) is 57.4 Å².